The molecule has 0 spiro atoms. The van der Waals surface area contributed by atoms with Crippen LogP contribution in [0, 0.1) is 17.0 Å². The van der Waals surface area contributed by atoms with E-state index >= 15 is 0 Å². The lowest BCUT2D eigenvalue weighted by atomic mass is 10.0. The van der Waals surface area contributed by atoms with Gasteiger partial charge in [-0.25, -0.2) is 15.0 Å². The van der Waals surface area contributed by atoms with Gasteiger partial charge < -0.3 is 10.2 Å². The average Bonchev–Trinajstić information content (AvgIpc) is 3.27. The number of benzene rings is 1. The molecule has 0 unspecified atom stereocenters. The van der Waals surface area contributed by atoms with Crippen LogP contribution in [0.25, 0.3) is 11.0 Å². The van der Waals surface area contributed by atoms with Crippen molar-refractivity contribution >= 4 is 44.3 Å². The summed E-state index contributed by atoms with van der Waals surface area (Å²) in [4.78, 5) is 26.0. The summed E-state index contributed by atoms with van der Waals surface area (Å²) in [6.45, 7) is 5.11. The number of halogens is 4. The number of nitro groups is 1. The van der Waals surface area contributed by atoms with E-state index in [9.17, 15) is 23.3 Å². The van der Waals surface area contributed by atoms with Crippen LogP contribution < -0.4 is 10.2 Å². The summed E-state index contributed by atoms with van der Waals surface area (Å²) in [5.74, 6) is 1.60. The first-order valence-electron chi connectivity index (χ1n) is 10.3. The topological polar surface area (TPSA) is 97.1 Å². The third-order valence-corrected chi connectivity index (χ3v) is 6.05. The van der Waals surface area contributed by atoms with Gasteiger partial charge in [0.05, 0.1) is 26.4 Å². The predicted molar refractivity (Wildman–Crippen MR) is 121 cm³/mol. The third kappa shape index (κ3) is 4.85. The molecular formula is C21H20BrF3N6O2. The lowest BCUT2D eigenvalue weighted by Gasteiger charge is -2.20. The van der Waals surface area contributed by atoms with Gasteiger partial charge in [-0.3, -0.25) is 10.1 Å². The number of hydrogen-bond donors (Lipinski definition) is 1. The van der Waals surface area contributed by atoms with E-state index in [1.165, 1.54) is 0 Å². The number of pyridine rings is 1. The Morgan fingerprint density at radius 1 is 1.15 bits per heavy atom. The zero-order chi connectivity index (χ0) is 23.9. The summed E-state index contributed by atoms with van der Waals surface area (Å²) >= 11 is 3.56. The highest BCUT2D eigenvalue weighted by atomic mass is 79.9. The molecule has 0 radical (unpaired) electrons. The van der Waals surface area contributed by atoms with Crippen molar-refractivity contribution in [2.24, 2.45) is 0 Å². The van der Waals surface area contributed by atoms with Gasteiger partial charge in [-0.1, -0.05) is 0 Å². The van der Waals surface area contributed by atoms with E-state index in [4.69, 9.17) is 4.98 Å². The molecular weight excluding hydrogens is 505 g/mol. The number of alkyl halides is 3. The van der Waals surface area contributed by atoms with E-state index in [1.807, 2.05) is 6.07 Å². The van der Waals surface area contributed by atoms with Crippen LogP contribution in [-0.2, 0) is 6.18 Å². The first kappa shape index (κ1) is 23.1. The summed E-state index contributed by atoms with van der Waals surface area (Å²) in [7, 11) is 0. The number of non-ortho nitro benzene ring substituents is 1. The molecule has 33 heavy (non-hydrogen) atoms. The second-order valence-electron chi connectivity index (χ2n) is 7.91. The third-order valence-electron chi connectivity index (χ3n) is 5.47. The molecule has 1 N–H and O–H groups in total. The standard InChI is InChI=1S/C21H20BrF3N6O2/c1-11(13-7-14(21(23,24)25)9-15(8-13)31(32)33)26-18-16-10-17(22)20(30-5-3-4-6-30)29-19(16)28-12(2)27-18/h7-11H,3-6H2,1-2H3,(H,26,27,28,29)/t11-/m1/s1. The second kappa shape index (κ2) is 8.73. The van der Waals surface area contributed by atoms with Crippen LogP contribution in [0.4, 0.5) is 30.5 Å². The van der Waals surface area contributed by atoms with Crippen molar-refractivity contribution in [3.63, 3.8) is 0 Å². The molecule has 1 aliphatic heterocycles. The Bertz CT molecular complexity index is 1230. The number of rotatable bonds is 5. The summed E-state index contributed by atoms with van der Waals surface area (Å²) < 4.78 is 40.6. The molecule has 1 aromatic carbocycles. The quantitative estimate of drug-likeness (QED) is 0.333. The maximum absolute atomic E-state index is 13.3. The fourth-order valence-electron chi connectivity index (χ4n) is 3.83. The minimum absolute atomic E-state index is 0.113. The van der Waals surface area contributed by atoms with E-state index in [0.29, 0.717) is 28.7 Å². The number of nitrogens with one attached hydrogen (secondary N) is 1. The second-order valence-corrected chi connectivity index (χ2v) is 8.77. The number of nitro benzene ring substituents is 1. The molecule has 0 saturated carbocycles. The SMILES string of the molecule is Cc1nc(N[C@H](C)c2cc([N+](=O)[O-])cc(C(F)(F)F)c2)c2cc(Br)c(N3CCCC3)nc2n1. The van der Waals surface area contributed by atoms with Crippen LogP contribution in [0.15, 0.2) is 28.7 Å². The Hall–Kier alpha value is -3.02. The average molecular weight is 525 g/mol. The van der Waals surface area contributed by atoms with Gasteiger partial charge in [-0.05, 0) is 60.3 Å². The summed E-state index contributed by atoms with van der Waals surface area (Å²) in [6, 6.07) is 3.68. The molecule has 1 fully saturated rings. The minimum atomic E-state index is -4.71. The molecule has 1 atom stereocenters. The molecule has 2 aromatic heterocycles. The van der Waals surface area contributed by atoms with Crippen molar-refractivity contribution in [1.29, 1.82) is 0 Å². The summed E-state index contributed by atoms with van der Waals surface area (Å²) in [5, 5.41) is 14.9. The number of aryl methyl sites for hydroxylation is 1. The monoisotopic (exact) mass is 524 g/mol. The largest absolute Gasteiger partial charge is 0.416 e. The molecule has 1 saturated heterocycles. The first-order valence-corrected chi connectivity index (χ1v) is 11.0. The molecule has 12 heteroatoms. The van der Waals surface area contributed by atoms with E-state index < -0.39 is 28.4 Å². The van der Waals surface area contributed by atoms with Gasteiger partial charge in [-0.15, -0.1) is 0 Å². The molecule has 4 rings (SSSR count). The van der Waals surface area contributed by atoms with Crippen molar-refractivity contribution in [1.82, 2.24) is 15.0 Å². The normalized spacial score (nSPS) is 15.2. The summed E-state index contributed by atoms with van der Waals surface area (Å²) in [5.41, 5.74) is -1.14. The highest BCUT2D eigenvalue weighted by Gasteiger charge is 2.33. The Kier molecular flexibility index (Phi) is 6.12. The van der Waals surface area contributed by atoms with Crippen molar-refractivity contribution < 1.29 is 18.1 Å². The van der Waals surface area contributed by atoms with Crippen LogP contribution in [0.1, 0.15) is 42.8 Å². The van der Waals surface area contributed by atoms with Gasteiger partial charge in [0.15, 0.2) is 5.65 Å². The molecule has 8 nitrogen and oxygen atoms in total. The zero-order valence-corrected chi connectivity index (χ0v) is 19.4. The van der Waals surface area contributed by atoms with Crippen LogP contribution in [0.3, 0.4) is 0 Å². The molecule has 3 aromatic rings. The van der Waals surface area contributed by atoms with Gasteiger partial charge in [-0.2, -0.15) is 13.2 Å². The highest BCUT2D eigenvalue weighted by Crippen LogP contribution is 2.36. The number of fused-ring (bicyclic) bond motifs is 1. The maximum atomic E-state index is 13.3. The minimum Gasteiger partial charge on any atom is -0.363 e. The van der Waals surface area contributed by atoms with Crippen molar-refractivity contribution in [2.75, 3.05) is 23.3 Å². The van der Waals surface area contributed by atoms with E-state index in [-0.39, 0.29) is 5.56 Å². The maximum Gasteiger partial charge on any atom is 0.416 e. The number of hydrogen-bond acceptors (Lipinski definition) is 7. The Balaban J connectivity index is 1.73. The van der Waals surface area contributed by atoms with Crippen LogP contribution in [0.2, 0.25) is 0 Å². The fourth-order valence-corrected chi connectivity index (χ4v) is 4.40. The van der Waals surface area contributed by atoms with Gasteiger partial charge in [0.25, 0.3) is 5.69 Å². The number of nitrogens with zero attached hydrogens (tertiary/aromatic N) is 5. The van der Waals surface area contributed by atoms with E-state index in [1.54, 1.807) is 13.8 Å². The molecule has 0 amide bonds. The van der Waals surface area contributed by atoms with Gasteiger partial charge in [0.2, 0.25) is 0 Å². The lowest BCUT2D eigenvalue weighted by Crippen LogP contribution is -2.20. The van der Waals surface area contributed by atoms with Crippen molar-refractivity contribution in [2.45, 2.75) is 38.9 Å². The summed E-state index contributed by atoms with van der Waals surface area (Å²) in [6.07, 6.45) is -2.54. The molecule has 3 heterocycles. The highest BCUT2D eigenvalue weighted by molar-refractivity contribution is 9.10. The zero-order valence-electron chi connectivity index (χ0n) is 17.8. The van der Waals surface area contributed by atoms with Gasteiger partial charge >= 0.3 is 6.18 Å². The first-order chi connectivity index (χ1) is 15.5. The molecule has 0 bridgehead atoms. The predicted octanol–water partition coefficient (Wildman–Crippen LogP) is 5.80. The Labute approximate surface area is 195 Å². The smallest absolute Gasteiger partial charge is 0.363 e. The van der Waals surface area contributed by atoms with Crippen LogP contribution in [0.5, 0.6) is 0 Å². The van der Waals surface area contributed by atoms with Gasteiger partial charge in [0.1, 0.15) is 17.5 Å². The number of aromatic nitrogens is 3. The van der Waals surface area contributed by atoms with Crippen molar-refractivity contribution in [3.8, 4) is 0 Å². The van der Waals surface area contributed by atoms with Crippen LogP contribution in [-0.4, -0.2) is 33.0 Å². The molecule has 0 aliphatic carbocycles. The van der Waals surface area contributed by atoms with Gasteiger partial charge in [0, 0.05) is 25.2 Å². The lowest BCUT2D eigenvalue weighted by molar-refractivity contribution is -0.385. The Morgan fingerprint density at radius 3 is 2.48 bits per heavy atom. The van der Waals surface area contributed by atoms with E-state index in [0.717, 1.165) is 48.4 Å². The molecule has 1 aliphatic rings. The van der Waals surface area contributed by atoms with Crippen LogP contribution >= 0.6 is 15.9 Å². The number of anilines is 2. The van der Waals surface area contributed by atoms with Crippen molar-refractivity contribution in [3.05, 3.63) is 55.8 Å². The fraction of sp³-hybridized carbons (Fsp3) is 0.381. The molecule has 174 valence electrons. The van der Waals surface area contributed by atoms with E-state index in [2.05, 4.69) is 36.1 Å². The Morgan fingerprint density at radius 2 is 1.85 bits per heavy atom.